The Morgan fingerprint density at radius 3 is 2.62 bits per heavy atom. The van der Waals surface area contributed by atoms with Crippen molar-refractivity contribution in [1.29, 1.82) is 0 Å². The predicted octanol–water partition coefficient (Wildman–Crippen LogP) is 3.36. The van der Waals surface area contributed by atoms with Gasteiger partial charge in [-0.1, -0.05) is 6.07 Å². The molecule has 2 aromatic rings. The summed E-state index contributed by atoms with van der Waals surface area (Å²) in [5.74, 6) is -0.714. The van der Waals surface area contributed by atoms with E-state index in [1.807, 2.05) is 0 Å². The molecule has 1 aliphatic heterocycles. The molecule has 26 heavy (non-hydrogen) atoms. The highest BCUT2D eigenvalue weighted by Crippen LogP contribution is 2.42. The summed E-state index contributed by atoms with van der Waals surface area (Å²) in [5, 5.41) is 16.1. The van der Waals surface area contributed by atoms with Crippen molar-refractivity contribution in [3.63, 3.8) is 0 Å². The fraction of sp³-hybridized carbons (Fsp3) is 0.188. The topological polar surface area (TPSA) is 103 Å². The Labute approximate surface area is 145 Å². The molecule has 0 fully saturated rings. The molecule has 8 nitrogen and oxygen atoms in total. The molecule has 1 amide bonds. The summed E-state index contributed by atoms with van der Waals surface area (Å²) in [4.78, 5) is 22.4. The second-order valence-electron chi connectivity index (χ2n) is 5.49. The Morgan fingerprint density at radius 1 is 1.15 bits per heavy atom. The molecule has 1 heterocycles. The summed E-state index contributed by atoms with van der Waals surface area (Å²) < 4.78 is 34.7. The summed E-state index contributed by atoms with van der Waals surface area (Å²) in [7, 11) is 0. The van der Waals surface area contributed by atoms with E-state index in [2.05, 4.69) is 20.1 Å². The lowest BCUT2D eigenvalue weighted by Gasteiger charge is -2.15. The summed E-state index contributed by atoms with van der Waals surface area (Å²) in [6, 6.07) is 8.78. The van der Waals surface area contributed by atoms with Gasteiger partial charge in [-0.05, 0) is 25.1 Å². The van der Waals surface area contributed by atoms with Crippen LogP contribution < -0.4 is 20.1 Å². The SMILES string of the molecule is CC(Nc1ccc2c(c1)OC(F)(F)O2)C(=O)Nc1cccc([N+](=O)[O-])c1. The van der Waals surface area contributed by atoms with E-state index in [-0.39, 0.29) is 22.9 Å². The maximum absolute atomic E-state index is 13.0. The minimum Gasteiger partial charge on any atom is -0.395 e. The van der Waals surface area contributed by atoms with Crippen LogP contribution in [0.3, 0.4) is 0 Å². The first-order valence-corrected chi connectivity index (χ1v) is 7.45. The summed E-state index contributed by atoms with van der Waals surface area (Å²) >= 11 is 0. The second-order valence-corrected chi connectivity index (χ2v) is 5.49. The van der Waals surface area contributed by atoms with E-state index in [0.29, 0.717) is 5.69 Å². The van der Waals surface area contributed by atoms with E-state index in [0.717, 1.165) is 0 Å². The number of hydrogen-bond acceptors (Lipinski definition) is 6. The number of nitrogens with one attached hydrogen (secondary N) is 2. The number of carbonyl (C=O) groups is 1. The van der Waals surface area contributed by atoms with Crippen molar-refractivity contribution in [2.45, 2.75) is 19.3 Å². The Kier molecular flexibility index (Phi) is 4.33. The zero-order valence-corrected chi connectivity index (χ0v) is 13.4. The van der Waals surface area contributed by atoms with Crippen LogP contribution in [0.15, 0.2) is 42.5 Å². The van der Waals surface area contributed by atoms with Crippen LogP contribution in [0.1, 0.15) is 6.92 Å². The molecule has 1 unspecified atom stereocenters. The van der Waals surface area contributed by atoms with Crippen LogP contribution in [0.2, 0.25) is 0 Å². The first kappa shape index (κ1) is 17.4. The molecule has 2 N–H and O–H groups in total. The number of hydrogen-bond donors (Lipinski definition) is 2. The number of fused-ring (bicyclic) bond motifs is 1. The van der Waals surface area contributed by atoms with Crippen LogP contribution in [0.4, 0.5) is 25.8 Å². The molecule has 3 rings (SSSR count). The van der Waals surface area contributed by atoms with Gasteiger partial charge in [0, 0.05) is 29.6 Å². The monoisotopic (exact) mass is 365 g/mol. The van der Waals surface area contributed by atoms with Crippen LogP contribution in [0, 0.1) is 10.1 Å². The summed E-state index contributed by atoms with van der Waals surface area (Å²) in [5.41, 5.74) is 0.482. The second kappa shape index (κ2) is 6.47. The standard InChI is InChI=1S/C16H13F2N3O5/c1-9(15(22)20-10-3-2-4-12(7-10)21(23)24)19-11-5-6-13-14(8-11)26-16(17,18)25-13/h2-9,19H,1H3,(H,20,22). The van der Waals surface area contributed by atoms with Gasteiger partial charge < -0.3 is 20.1 Å². The van der Waals surface area contributed by atoms with Crippen molar-refractivity contribution < 1.29 is 28.0 Å². The Balaban J connectivity index is 1.65. The van der Waals surface area contributed by atoms with Gasteiger partial charge >= 0.3 is 6.29 Å². The number of nitro groups is 1. The van der Waals surface area contributed by atoms with E-state index < -0.39 is 23.2 Å². The molecule has 0 radical (unpaired) electrons. The maximum atomic E-state index is 13.0. The van der Waals surface area contributed by atoms with Crippen LogP contribution in [-0.2, 0) is 4.79 Å². The lowest BCUT2D eigenvalue weighted by molar-refractivity contribution is -0.384. The third-order valence-electron chi connectivity index (χ3n) is 3.50. The van der Waals surface area contributed by atoms with Gasteiger partial charge in [0.25, 0.3) is 5.69 Å². The molecule has 10 heteroatoms. The van der Waals surface area contributed by atoms with Crippen LogP contribution in [-0.4, -0.2) is 23.2 Å². The number of amides is 1. The van der Waals surface area contributed by atoms with Crippen molar-refractivity contribution >= 4 is 23.0 Å². The van der Waals surface area contributed by atoms with Crippen molar-refractivity contribution in [3.8, 4) is 11.5 Å². The smallest absolute Gasteiger partial charge is 0.395 e. The lowest BCUT2D eigenvalue weighted by atomic mass is 10.2. The number of carbonyl (C=O) groups excluding carboxylic acids is 1. The highest BCUT2D eigenvalue weighted by atomic mass is 19.3. The number of nitro benzene ring substituents is 1. The number of anilines is 2. The van der Waals surface area contributed by atoms with E-state index in [1.54, 1.807) is 6.92 Å². The number of alkyl halides is 2. The normalized spacial score (nSPS) is 15.2. The molecule has 2 aromatic carbocycles. The zero-order chi connectivity index (χ0) is 18.9. The van der Waals surface area contributed by atoms with E-state index in [4.69, 9.17) is 0 Å². The Bertz CT molecular complexity index is 875. The fourth-order valence-corrected chi connectivity index (χ4v) is 2.30. The molecular weight excluding hydrogens is 352 g/mol. The van der Waals surface area contributed by atoms with Crippen molar-refractivity contribution in [3.05, 3.63) is 52.6 Å². The predicted molar refractivity (Wildman–Crippen MR) is 87.5 cm³/mol. The van der Waals surface area contributed by atoms with Crippen molar-refractivity contribution in [2.75, 3.05) is 10.6 Å². The zero-order valence-electron chi connectivity index (χ0n) is 13.4. The largest absolute Gasteiger partial charge is 0.586 e. The average Bonchev–Trinajstić information content (AvgIpc) is 2.88. The number of halogens is 2. The van der Waals surface area contributed by atoms with E-state index in [1.165, 1.54) is 42.5 Å². The third kappa shape index (κ3) is 3.79. The lowest BCUT2D eigenvalue weighted by Crippen LogP contribution is -2.31. The molecule has 136 valence electrons. The van der Waals surface area contributed by atoms with Crippen LogP contribution in [0.25, 0.3) is 0 Å². The van der Waals surface area contributed by atoms with Gasteiger partial charge in [0.2, 0.25) is 5.91 Å². The first-order chi connectivity index (χ1) is 12.2. The fourth-order valence-electron chi connectivity index (χ4n) is 2.30. The van der Waals surface area contributed by atoms with Crippen LogP contribution in [0.5, 0.6) is 11.5 Å². The minimum absolute atomic E-state index is 0.103. The third-order valence-corrected chi connectivity index (χ3v) is 3.50. The number of rotatable bonds is 5. The number of ether oxygens (including phenoxy) is 2. The van der Waals surface area contributed by atoms with Gasteiger partial charge in [-0.25, -0.2) is 0 Å². The highest BCUT2D eigenvalue weighted by molar-refractivity contribution is 5.96. The van der Waals surface area contributed by atoms with Crippen molar-refractivity contribution in [1.82, 2.24) is 0 Å². The molecule has 0 saturated heterocycles. The molecule has 0 bridgehead atoms. The summed E-state index contributed by atoms with van der Waals surface area (Å²) in [6.45, 7) is 1.55. The number of benzene rings is 2. The highest BCUT2D eigenvalue weighted by Gasteiger charge is 2.43. The molecule has 0 aliphatic carbocycles. The van der Waals surface area contributed by atoms with E-state index >= 15 is 0 Å². The summed E-state index contributed by atoms with van der Waals surface area (Å²) in [6.07, 6.45) is -3.72. The average molecular weight is 365 g/mol. The molecule has 0 spiro atoms. The quantitative estimate of drug-likeness (QED) is 0.622. The van der Waals surface area contributed by atoms with Gasteiger partial charge in [-0.15, -0.1) is 8.78 Å². The van der Waals surface area contributed by atoms with Gasteiger partial charge in [-0.3, -0.25) is 14.9 Å². The van der Waals surface area contributed by atoms with E-state index in [9.17, 15) is 23.7 Å². The minimum atomic E-state index is -3.72. The van der Waals surface area contributed by atoms with Gasteiger partial charge in [-0.2, -0.15) is 0 Å². The molecule has 0 saturated carbocycles. The molecule has 1 atom stereocenters. The molecule has 0 aromatic heterocycles. The Hall–Kier alpha value is -3.43. The van der Waals surface area contributed by atoms with Crippen molar-refractivity contribution in [2.24, 2.45) is 0 Å². The molecular formula is C16H13F2N3O5. The Morgan fingerprint density at radius 2 is 1.88 bits per heavy atom. The number of nitrogens with zero attached hydrogens (tertiary/aromatic N) is 1. The maximum Gasteiger partial charge on any atom is 0.586 e. The van der Waals surface area contributed by atoms with Gasteiger partial charge in [0.1, 0.15) is 6.04 Å². The van der Waals surface area contributed by atoms with Crippen LogP contribution >= 0.6 is 0 Å². The number of non-ortho nitro benzene ring substituents is 1. The molecule has 1 aliphatic rings. The first-order valence-electron chi connectivity index (χ1n) is 7.45. The van der Waals surface area contributed by atoms with Gasteiger partial charge in [0.05, 0.1) is 4.92 Å². The van der Waals surface area contributed by atoms with Gasteiger partial charge in [0.15, 0.2) is 11.5 Å².